The minimum atomic E-state index is 0.390. The van der Waals surface area contributed by atoms with E-state index in [1.807, 2.05) is 18.4 Å². The zero-order valence-electron chi connectivity index (χ0n) is 12.7. The number of aromatic nitrogens is 1. The molecule has 1 fully saturated rings. The van der Waals surface area contributed by atoms with E-state index in [0.29, 0.717) is 12.1 Å². The van der Waals surface area contributed by atoms with Crippen LogP contribution >= 0.6 is 11.3 Å². The lowest BCUT2D eigenvalue weighted by atomic mass is 10.1. The van der Waals surface area contributed by atoms with Crippen molar-refractivity contribution < 1.29 is 0 Å². The van der Waals surface area contributed by atoms with Crippen molar-refractivity contribution in [3.63, 3.8) is 0 Å². The topological polar surface area (TPSA) is 31.4 Å². The van der Waals surface area contributed by atoms with Crippen molar-refractivity contribution in [3.8, 4) is 0 Å². The molecular weight excluding hydrogens is 256 g/mol. The molecule has 0 radical (unpaired) electrons. The van der Waals surface area contributed by atoms with Crippen LogP contribution in [0, 0.1) is 6.92 Å². The van der Waals surface area contributed by atoms with Crippen LogP contribution in [-0.2, 0) is 0 Å². The van der Waals surface area contributed by atoms with Gasteiger partial charge in [0.15, 0.2) is 5.13 Å². The Kier molecular flexibility index (Phi) is 4.81. The Balaban J connectivity index is 2.14. The highest BCUT2D eigenvalue weighted by atomic mass is 32.1. The fourth-order valence-electron chi connectivity index (χ4n) is 2.62. The average molecular weight is 282 g/mol. The van der Waals surface area contributed by atoms with Gasteiger partial charge in [-0.2, -0.15) is 0 Å². The first-order valence-corrected chi connectivity index (χ1v) is 7.98. The summed E-state index contributed by atoms with van der Waals surface area (Å²) in [5.41, 5.74) is 1.17. The molecule has 1 aliphatic heterocycles. The normalized spacial score (nSPS) is 22.8. The number of nitrogens with one attached hydrogen (secondary N) is 1. The maximum atomic E-state index is 4.78. The SMILES string of the molecule is CCC1CN(c2nc(C)c(C(C)NC)s2)CCN1C. The lowest BCUT2D eigenvalue weighted by Crippen LogP contribution is -2.51. The van der Waals surface area contributed by atoms with Crippen molar-refractivity contribution >= 4 is 16.5 Å². The maximum Gasteiger partial charge on any atom is 0.185 e. The molecule has 1 aromatic heterocycles. The molecule has 1 aromatic rings. The molecule has 0 spiro atoms. The van der Waals surface area contributed by atoms with Gasteiger partial charge in [0.05, 0.1) is 5.69 Å². The Morgan fingerprint density at radius 1 is 1.47 bits per heavy atom. The Hall–Kier alpha value is -0.650. The van der Waals surface area contributed by atoms with Crippen LogP contribution in [0.1, 0.15) is 36.9 Å². The van der Waals surface area contributed by atoms with Crippen molar-refractivity contribution in [2.24, 2.45) is 0 Å². The second-order valence-corrected chi connectivity index (χ2v) is 6.45. The van der Waals surface area contributed by atoms with Crippen molar-refractivity contribution in [3.05, 3.63) is 10.6 Å². The molecule has 1 saturated heterocycles. The summed E-state index contributed by atoms with van der Waals surface area (Å²) in [5, 5.41) is 4.50. The number of piperazine rings is 1. The number of rotatable bonds is 4. The summed E-state index contributed by atoms with van der Waals surface area (Å²) in [6, 6.07) is 1.05. The zero-order chi connectivity index (χ0) is 14.0. The highest BCUT2D eigenvalue weighted by molar-refractivity contribution is 7.15. The van der Waals surface area contributed by atoms with Crippen LogP contribution in [0.15, 0.2) is 0 Å². The van der Waals surface area contributed by atoms with E-state index in [9.17, 15) is 0 Å². The summed E-state index contributed by atoms with van der Waals surface area (Å²) in [4.78, 5) is 11.1. The third-order valence-electron chi connectivity index (χ3n) is 4.17. The second kappa shape index (κ2) is 6.20. The molecule has 2 heterocycles. The smallest absolute Gasteiger partial charge is 0.185 e. The molecule has 0 aliphatic carbocycles. The number of aryl methyl sites for hydroxylation is 1. The Morgan fingerprint density at radius 2 is 2.21 bits per heavy atom. The predicted octanol–water partition coefficient (Wildman–Crippen LogP) is 2.26. The monoisotopic (exact) mass is 282 g/mol. The molecule has 108 valence electrons. The van der Waals surface area contributed by atoms with Crippen LogP contribution in [0.5, 0.6) is 0 Å². The summed E-state index contributed by atoms with van der Waals surface area (Å²) < 4.78 is 0. The molecule has 0 saturated carbocycles. The first-order chi connectivity index (χ1) is 9.06. The summed E-state index contributed by atoms with van der Waals surface area (Å²) in [6.45, 7) is 9.92. The molecule has 2 unspecified atom stereocenters. The van der Waals surface area contributed by atoms with Gasteiger partial charge < -0.3 is 10.2 Å². The predicted molar refractivity (Wildman–Crippen MR) is 83.2 cm³/mol. The van der Waals surface area contributed by atoms with Gasteiger partial charge in [-0.05, 0) is 34.4 Å². The summed E-state index contributed by atoms with van der Waals surface area (Å²) >= 11 is 1.85. The van der Waals surface area contributed by atoms with Gasteiger partial charge in [0, 0.05) is 36.6 Å². The largest absolute Gasteiger partial charge is 0.345 e. The van der Waals surface area contributed by atoms with E-state index in [4.69, 9.17) is 4.98 Å². The van der Waals surface area contributed by atoms with Crippen molar-refractivity contribution in [2.45, 2.75) is 39.3 Å². The van der Waals surface area contributed by atoms with Gasteiger partial charge in [-0.3, -0.25) is 4.90 Å². The lowest BCUT2D eigenvalue weighted by Gasteiger charge is -2.39. The molecule has 1 N–H and O–H groups in total. The van der Waals surface area contributed by atoms with Gasteiger partial charge in [0.25, 0.3) is 0 Å². The lowest BCUT2D eigenvalue weighted by molar-refractivity contribution is 0.213. The van der Waals surface area contributed by atoms with Gasteiger partial charge in [-0.1, -0.05) is 6.92 Å². The summed E-state index contributed by atoms with van der Waals surface area (Å²) in [7, 11) is 4.24. The van der Waals surface area contributed by atoms with Crippen molar-refractivity contribution in [1.82, 2.24) is 15.2 Å². The maximum absolute atomic E-state index is 4.78. The standard InChI is InChI=1S/C14H26N4S/c1-6-12-9-18(8-7-17(12)5)14-16-11(3)13(19-14)10(2)15-4/h10,12,15H,6-9H2,1-5H3. The Labute approximate surface area is 120 Å². The van der Waals surface area contributed by atoms with E-state index in [-0.39, 0.29) is 0 Å². The highest BCUT2D eigenvalue weighted by Crippen LogP contribution is 2.31. The molecule has 1 aliphatic rings. The third kappa shape index (κ3) is 3.09. The van der Waals surface area contributed by atoms with Crippen LogP contribution in [0.2, 0.25) is 0 Å². The molecule has 4 nitrogen and oxygen atoms in total. The van der Waals surface area contributed by atoms with Crippen molar-refractivity contribution in [2.75, 3.05) is 38.6 Å². The number of hydrogen-bond donors (Lipinski definition) is 1. The van der Waals surface area contributed by atoms with Crippen LogP contribution in [0.25, 0.3) is 0 Å². The Morgan fingerprint density at radius 3 is 2.84 bits per heavy atom. The molecule has 5 heteroatoms. The molecule has 2 rings (SSSR count). The fraction of sp³-hybridized carbons (Fsp3) is 0.786. The van der Waals surface area contributed by atoms with Gasteiger partial charge >= 0.3 is 0 Å². The number of nitrogens with zero attached hydrogens (tertiary/aromatic N) is 3. The van der Waals surface area contributed by atoms with Gasteiger partial charge in [-0.15, -0.1) is 11.3 Å². The quantitative estimate of drug-likeness (QED) is 0.918. The fourth-order valence-corrected chi connectivity index (χ4v) is 3.78. The van der Waals surface area contributed by atoms with E-state index < -0.39 is 0 Å². The minimum Gasteiger partial charge on any atom is -0.345 e. The second-order valence-electron chi connectivity index (χ2n) is 5.45. The zero-order valence-corrected chi connectivity index (χ0v) is 13.5. The minimum absolute atomic E-state index is 0.390. The summed E-state index contributed by atoms with van der Waals surface area (Å²) in [6.07, 6.45) is 1.21. The molecule has 0 amide bonds. The third-order valence-corrected chi connectivity index (χ3v) is 5.57. The summed E-state index contributed by atoms with van der Waals surface area (Å²) in [5.74, 6) is 0. The van der Waals surface area contributed by atoms with Crippen LogP contribution in [0.3, 0.4) is 0 Å². The molecule has 2 atom stereocenters. The molecule has 0 aromatic carbocycles. The molecular formula is C14H26N4S. The van der Waals surface area contributed by atoms with Crippen molar-refractivity contribution in [1.29, 1.82) is 0 Å². The van der Waals surface area contributed by atoms with Gasteiger partial charge in [-0.25, -0.2) is 4.98 Å². The first kappa shape index (κ1) is 14.8. The van der Waals surface area contributed by atoms with E-state index >= 15 is 0 Å². The molecule has 19 heavy (non-hydrogen) atoms. The van der Waals surface area contributed by atoms with Gasteiger partial charge in [0.2, 0.25) is 0 Å². The highest BCUT2D eigenvalue weighted by Gasteiger charge is 2.25. The number of anilines is 1. The van der Waals surface area contributed by atoms with E-state index in [1.165, 1.54) is 22.1 Å². The first-order valence-electron chi connectivity index (χ1n) is 7.16. The number of thiazole rings is 1. The Bertz CT molecular complexity index is 418. The van der Waals surface area contributed by atoms with Crippen LogP contribution < -0.4 is 10.2 Å². The van der Waals surface area contributed by atoms with Crippen LogP contribution in [0.4, 0.5) is 5.13 Å². The molecule has 0 bridgehead atoms. The van der Waals surface area contributed by atoms with E-state index in [2.05, 4.69) is 42.9 Å². The number of likely N-dealkylation sites (N-methyl/N-ethyl adjacent to an activating group) is 1. The van der Waals surface area contributed by atoms with E-state index in [0.717, 1.165) is 19.6 Å². The number of hydrogen-bond acceptors (Lipinski definition) is 5. The van der Waals surface area contributed by atoms with Gasteiger partial charge in [0.1, 0.15) is 0 Å². The van der Waals surface area contributed by atoms with E-state index in [1.54, 1.807) is 0 Å². The van der Waals surface area contributed by atoms with Crippen LogP contribution in [-0.4, -0.2) is 49.7 Å². The average Bonchev–Trinajstić information content (AvgIpc) is 2.80.